The van der Waals surface area contributed by atoms with E-state index < -0.39 is 27.7 Å². The number of rotatable bonds is 8. The van der Waals surface area contributed by atoms with Gasteiger partial charge in [0, 0.05) is 11.6 Å². The highest BCUT2D eigenvalue weighted by Crippen LogP contribution is 2.22. The average molecular weight is 377 g/mol. The minimum atomic E-state index is -4.69. The Hall–Kier alpha value is -1.83. The van der Waals surface area contributed by atoms with Crippen molar-refractivity contribution in [3.8, 4) is 0 Å². The van der Waals surface area contributed by atoms with Crippen LogP contribution in [0.25, 0.3) is 0 Å². The molecule has 1 amide bonds. The van der Waals surface area contributed by atoms with Crippen LogP contribution >= 0.6 is 0 Å². The number of nitrogens with one attached hydrogen (secondary N) is 1. The van der Waals surface area contributed by atoms with Gasteiger partial charge in [0.2, 0.25) is 0 Å². The first-order valence-electron chi connectivity index (χ1n) is 7.97. The lowest BCUT2D eigenvalue weighted by Gasteiger charge is -2.11. The molecule has 0 bridgehead atoms. The summed E-state index contributed by atoms with van der Waals surface area (Å²) in [4.78, 5) is 11.9. The van der Waals surface area contributed by atoms with E-state index in [-0.39, 0.29) is 17.4 Å². The summed E-state index contributed by atoms with van der Waals surface area (Å²) in [5, 5.41) is 0. The normalized spacial score (nSPS) is 12.9. The largest absolute Gasteiger partial charge is 0.410 e. The van der Waals surface area contributed by atoms with Crippen LogP contribution < -0.4 is 4.72 Å². The second kappa shape index (κ2) is 9.03. The van der Waals surface area contributed by atoms with Crippen LogP contribution in [0.15, 0.2) is 40.8 Å². The minimum Gasteiger partial charge on any atom is -0.269 e. The number of unbranched alkanes of at least 4 members (excludes halogenated alkanes) is 3. The molecular weight excluding hydrogens is 355 g/mol. The van der Waals surface area contributed by atoms with Crippen LogP contribution in [-0.2, 0) is 14.8 Å². The standard InChI is InChI=1S/C17H22F3NO3S/c1-3-4-5-6-7-14(12-17(18,19)20)16(22)21-25(23,24)15-10-8-13(2)9-11-15/h8-12H,3-7H2,1-2H3,(H,21,22)/b14-12-. The van der Waals surface area contributed by atoms with Gasteiger partial charge in [0.05, 0.1) is 4.90 Å². The number of benzene rings is 1. The Morgan fingerprint density at radius 3 is 2.24 bits per heavy atom. The molecule has 0 saturated heterocycles. The summed E-state index contributed by atoms with van der Waals surface area (Å²) in [5.74, 6) is -1.24. The van der Waals surface area contributed by atoms with E-state index in [9.17, 15) is 26.4 Å². The predicted octanol–water partition coefficient (Wildman–Crippen LogP) is 4.26. The lowest BCUT2D eigenvalue weighted by Crippen LogP contribution is -2.32. The first-order chi connectivity index (χ1) is 11.5. The maximum Gasteiger partial charge on any atom is 0.410 e. The molecule has 1 aromatic rings. The summed E-state index contributed by atoms with van der Waals surface area (Å²) in [5.41, 5.74) is 0.234. The van der Waals surface area contributed by atoms with Crippen LogP contribution in [0.2, 0.25) is 0 Å². The Morgan fingerprint density at radius 2 is 1.72 bits per heavy atom. The van der Waals surface area contributed by atoms with Crippen molar-refractivity contribution in [3.05, 3.63) is 41.5 Å². The molecule has 140 valence electrons. The van der Waals surface area contributed by atoms with E-state index in [1.807, 2.05) is 6.92 Å². The molecular formula is C17H22F3NO3S. The zero-order valence-corrected chi connectivity index (χ0v) is 15.0. The molecule has 0 radical (unpaired) electrons. The molecule has 0 aliphatic carbocycles. The molecule has 4 nitrogen and oxygen atoms in total. The number of amides is 1. The lowest BCUT2D eigenvalue weighted by molar-refractivity contribution is -0.117. The van der Waals surface area contributed by atoms with Crippen LogP contribution in [0.5, 0.6) is 0 Å². The number of alkyl halides is 3. The van der Waals surface area contributed by atoms with Crippen molar-refractivity contribution in [2.45, 2.75) is 57.0 Å². The van der Waals surface area contributed by atoms with Crippen molar-refractivity contribution in [1.29, 1.82) is 0 Å². The lowest BCUT2D eigenvalue weighted by atomic mass is 10.1. The van der Waals surface area contributed by atoms with Crippen LogP contribution in [0.1, 0.15) is 44.6 Å². The molecule has 0 heterocycles. The van der Waals surface area contributed by atoms with Gasteiger partial charge in [-0.2, -0.15) is 13.2 Å². The highest BCUT2D eigenvalue weighted by molar-refractivity contribution is 7.90. The van der Waals surface area contributed by atoms with Crippen molar-refractivity contribution in [2.24, 2.45) is 0 Å². The summed E-state index contributed by atoms with van der Waals surface area (Å²) in [6.45, 7) is 3.71. The molecule has 0 spiro atoms. The number of carbonyl (C=O) groups is 1. The highest BCUT2D eigenvalue weighted by atomic mass is 32.2. The van der Waals surface area contributed by atoms with Crippen molar-refractivity contribution in [2.75, 3.05) is 0 Å². The number of carbonyl (C=O) groups excluding carboxylic acids is 1. The summed E-state index contributed by atoms with van der Waals surface area (Å²) >= 11 is 0. The van der Waals surface area contributed by atoms with Gasteiger partial charge in [0.15, 0.2) is 0 Å². The zero-order chi connectivity index (χ0) is 19.1. The first kappa shape index (κ1) is 21.2. The molecule has 1 aromatic carbocycles. The third-order valence-corrected chi connectivity index (χ3v) is 4.83. The summed E-state index contributed by atoms with van der Waals surface area (Å²) < 4.78 is 63.9. The van der Waals surface area contributed by atoms with E-state index in [0.29, 0.717) is 12.8 Å². The van der Waals surface area contributed by atoms with Crippen molar-refractivity contribution >= 4 is 15.9 Å². The summed E-state index contributed by atoms with van der Waals surface area (Å²) in [6, 6.07) is 5.66. The fourth-order valence-corrected chi connectivity index (χ4v) is 3.14. The van der Waals surface area contributed by atoms with E-state index >= 15 is 0 Å². The monoisotopic (exact) mass is 377 g/mol. The molecule has 0 unspecified atom stereocenters. The topological polar surface area (TPSA) is 63.2 Å². The Morgan fingerprint density at radius 1 is 1.12 bits per heavy atom. The third kappa shape index (κ3) is 7.72. The number of allylic oxidation sites excluding steroid dienone is 1. The first-order valence-corrected chi connectivity index (χ1v) is 9.46. The second-order valence-corrected chi connectivity index (χ2v) is 7.45. The van der Waals surface area contributed by atoms with E-state index in [0.717, 1.165) is 18.4 Å². The van der Waals surface area contributed by atoms with Crippen molar-refractivity contribution in [1.82, 2.24) is 4.72 Å². The molecule has 0 aliphatic rings. The van der Waals surface area contributed by atoms with E-state index in [1.54, 1.807) is 11.6 Å². The van der Waals surface area contributed by atoms with Crippen molar-refractivity contribution < 1.29 is 26.4 Å². The molecule has 0 saturated carbocycles. The molecule has 0 fully saturated rings. The molecule has 0 aromatic heterocycles. The predicted molar refractivity (Wildman–Crippen MR) is 89.4 cm³/mol. The summed E-state index contributed by atoms with van der Waals surface area (Å²) in [6.07, 6.45) is -2.16. The van der Waals surface area contributed by atoms with E-state index in [4.69, 9.17) is 0 Å². The highest BCUT2D eigenvalue weighted by Gasteiger charge is 2.28. The van der Waals surface area contributed by atoms with Gasteiger partial charge < -0.3 is 0 Å². The molecule has 8 heteroatoms. The van der Waals surface area contributed by atoms with E-state index in [2.05, 4.69) is 0 Å². The van der Waals surface area contributed by atoms with Gasteiger partial charge in [0.1, 0.15) is 0 Å². The number of hydrogen-bond donors (Lipinski definition) is 1. The number of hydrogen-bond acceptors (Lipinski definition) is 3. The molecule has 1 rings (SSSR count). The van der Waals surface area contributed by atoms with Gasteiger partial charge in [-0.1, -0.05) is 43.9 Å². The van der Waals surface area contributed by atoms with Gasteiger partial charge in [-0.05, 0) is 31.9 Å². The van der Waals surface area contributed by atoms with Gasteiger partial charge in [-0.3, -0.25) is 4.79 Å². The number of halogens is 3. The fourth-order valence-electron chi connectivity index (χ4n) is 2.15. The fraction of sp³-hybridized carbons (Fsp3) is 0.471. The van der Waals surface area contributed by atoms with Crippen LogP contribution in [-0.4, -0.2) is 20.5 Å². The zero-order valence-electron chi connectivity index (χ0n) is 14.2. The maximum atomic E-state index is 12.6. The Kier molecular flexibility index (Phi) is 7.66. The Balaban J connectivity index is 2.93. The molecule has 25 heavy (non-hydrogen) atoms. The minimum absolute atomic E-state index is 0.126. The van der Waals surface area contributed by atoms with Crippen LogP contribution in [0.4, 0.5) is 13.2 Å². The second-order valence-electron chi connectivity index (χ2n) is 5.77. The average Bonchev–Trinajstić information content (AvgIpc) is 2.49. The molecule has 0 aliphatic heterocycles. The quantitative estimate of drug-likeness (QED) is 0.544. The molecule has 1 N–H and O–H groups in total. The summed E-state index contributed by atoms with van der Waals surface area (Å²) in [7, 11) is -4.22. The smallest absolute Gasteiger partial charge is 0.269 e. The van der Waals surface area contributed by atoms with Gasteiger partial charge in [-0.25, -0.2) is 13.1 Å². The van der Waals surface area contributed by atoms with Crippen molar-refractivity contribution in [3.63, 3.8) is 0 Å². The SMILES string of the molecule is CCCCCC/C(=C/C(F)(F)F)C(=O)NS(=O)(=O)c1ccc(C)cc1. The van der Waals surface area contributed by atoms with Crippen LogP contribution in [0, 0.1) is 6.92 Å². The van der Waals surface area contributed by atoms with E-state index in [1.165, 1.54) is 24.3 Å². The Bertz CT molecular complexity index is 708. The van der Waals surface area contributed by atoms with Gasteiger partial charge in [0.25, 0.3) is 15.9 Å². The Labute approximate surface area is 146 Å². The van der Waals surface area contributed by atoms with Gasteiger partial charge in [-0.15, -0.1) is 0 Å². The third-order valence-electron chi connectivity index (χ3n) is 3.49. The van der Waals surface area contributed by atoms with Crippen LogP contribution in [0.3, 0.4) is 0 Å². The number of aryl methyl sites for hydroxylation is 1. The maximum absolute atomic E-state index is 12.6. The number of sulfonamides is 1. The van der Waals surface area contributed by atoms with Gasteiger partial charge >= 0.3 is 6.18 Å². The molecule has 0 atom stereocenters.